The Morgan fingerprint density at radius 2 is 1.78 bits per heavy atom. The molecular formula is C17H13BrN2O6S. The molecule has 1 unspecified atom stereocenters. The Kier molecular flexibility index (Phi) is 4.26. The minimum absolute atomic E-state index is 0.0248. The number of methoxy groups -OCH3 is 1. The van der Waals surface area contributed by atoms with Crippen molar-refractivity contribution in [3.05, 3.63) is 46.7 Å². The van der Waals surface area contributed by atoms with Crippen LogP contribution in [0.3, 0.4) is 0 Å². The minimum atomic E-state index is -1.58. The van der Waals surface area contributed by atoms with Gasteiger partial charge in [0.15, 0.2) is 6.04 Å². The summed E-state index contributed by atoms with van der Waals surface area (Å²) >= 11 is 3.23. The molecule has 0 radical (unpaired) electrons. The Bertz CT molecular complexity index is 939. The van der Waals surface area contributed by atoms with Crippen molar-refractivity contribution in [1.82, 2.24) is 9.80 Å². The number of hydrogen-bond acceptors (Lipinski definition) is 6. The van der Waals surface area contributed by atoms with E-state index in [2.05, 4.69) is 15.9 Å². The summed E-state index contributed by atoms with van der Waals surface area (Å²) in [6, 6.07) is 5.08. The van der Waals surface area contributed by atoms with Crippen LogP contribution in [0.1, 0.15) is 20.7 Å². The average Bonchev–Trinajstić information content (AvgIpc) is 2.92. The number of ether oxygens (including phenoxy) is 1. The lowest BCUT2D eigenvalue weighted by atomic mass is 10.0. The van der Waals surface area contributed by atoms with E-state index in [0.29, 0.717) is 5.57 Å². The third-order valence-electron chi connectivity index (χ3n) is 4.82. The Balaban J connectivity index is 1.74. The van der Waals surface area contributed by atoms with Crippen LogP contribution in [0.5, 0.6) is 0 Å². The molecule has 3 atom stereocenters. The topological polar surface area (TPSA) is 101 Å². The standard InChI is InChI=1S/C17H13BrN2O6S/c1-26-17(24)11-8(6-18)7-27(25)16-12(15(23)20(11)16)19-13(21)9-4-2-3-5-10(9)14(19)22/h2-5,12,16H,6-7H2,1H3/t12-,16-,27?/m1/s1. The largest absolute Gasteiger partial charge is 0.464 e. The molecule has 1 aromatic carbocycles. The summed E-state index contributed by atoms with van der Waals surface area (Å²) in [5.41, 5.74) is 0.919. The van der Waals surface area contributed by atoms with Crippen LogP contribution in [-0.2, 0) is 25.1 Å². The molecule has 1 saturated heterocycles. The molecule has 0 N–H and O–H groups in total. The van der Waals surface area contributed by atoms with Gasteiger partial charge in [0.05, 0.1) is 34.8 Å². The number of halogens is 1. The molecule has 4 rings (SSSR count). The van der Waals surface area contributed by atoms with Crippen molar-refractivity contribution in [2.24, 2.45) is 0 Å². The first-order valence-corrected chi connectivity index (χ1v) is 10.5. The van der Waals surface area contributed by atoms with Gasteiger partial charge < -0.3 is 4.74 Å². The van der Waals surface area contributed by atoms with E-state index in [4.69, 9.17) is 4.74 Å². The fourth-order valence-electron chi connectivity index (χ4n) is 3.58. The van der Waals surface area contributed by atoms with Crippen LogP contribution >= 0.6 is 15.9 Å². The number of carbonyl (C=O) groups excluding carboxylic acids is 4. The number of β-lactam (4-membered cyclic amide) rings is 1. The highest BCUT2D eigenvalue weighted by molar-refractivity contribution is 9.09. The van der Waals surface area contributed by atoms with Crippen LogP contribution < -0.4 is 0 Å². The van der Waals surface area contributed by atoms with Gasteiger partial charge in [-0.25, -0.2) is 4.79 Å². The monoisotopic (exact) mass is 452 g/mol. The van der Waals surface area contributed by atoms with E-state index in [1.807, 2.05) is 0 Å². The number of carbonyl (C=O) groups is 4. The number of imide groups is 1. The molecule has 0 aromatic heterocycles. The lowest BCUT2D eigenvalue weighted by Crippen LogP contribution is -2.74. The van der Waals surface area contributed by atoms with Gasteiger partial charge in [-0.05, 0) is 17.7 Å². The molecule has 3 heterocycles. The number of benzene rings is 1. The molecule has 1 fully saturated rings. The predicted molar refractivity (Wildman–Crippen MR) is 97.2 cm³/mol. The summed E-state index contributed by atoms with van der Waals surface area (Å²) in [7, 11) is -0.388. The molecule has 1 aromatic rings. The van der Waals surface area contributed by atoms with Gasteiger partial charge in [-0.3, -0.25) is 28.4 Å². The van der Waals surface area contributed by atoms with Crippen molar-refractivity contribution >= 4 is 50.4 Å². The van der Waals surface area contributed by atoms with Crippen molar-refractivity contribution in [2.45, 2.75) is 11.4 Å². The lowest BCUT2D eigenvalue weighted by Gasteiger charge is -2.51. The maximum absolute atomic E-state index is 12.9. The zero-order chi connectivity index (χ0) is 19.5. The van der Waals surface area contributed by atoms with E-state index in [9.17, 15) is 23.4 Å². The maximum atomic E-state index is 12.9. The smallest absolute Gasteiger partial charge is 0.354 e. The molecule has 0 aliphatic carbocycles. The number of alkyl halides is 1. The number of rotatable bonds is 3. The van der Waals surface area contributed by atoms with Gasteiger partial charge in [0.25, 0.3) is 17.7 Å². The van der Waals surface area contributed by atoms with Crippen LogP contribution in [0, 0.1) is 0 Å². The zero-order valence-corrected chi connectivity index (χ0v) is 16.4. The van der Waals surface area contributed by atoms with E-state index in [0.717, 1.165) is 9.80 Å². The Morgan fingerprint density at radius 1 is 1.19 bits per heavy atom. The predicted octanol–water partition coefficient (Wildman–Crippen LogP) is 0.404. The molecule has 3 amide bonds. The van der Waals surface area contributed by atoms with Gasteiger partial charge in [-0.15, -0.1) is 0 Å². The molecule has 0 spiro atoms. The number of hydrogen-bond donors (Lipinski definition) is 0. The molecule has 8 nitrogen and oxygen atoms in total. The summed E-state index contributed by atoms with van der Waals surface area (Å²) in [6.45, 7) is 0. The SMILES string of the molecule is COC(=O)C1=C(CBr)CS(=O)[C@@H]2[C@H](N3C(=O)c4ccccc4C3=O)C(=O)N12. The lowest BCUT2D eigenvalue weighted by molar-refractivity contribution is -0.153. The fraction of sp³-hybridized carbons (Fsp3) is 0.294. The zero-order valence-electron chi connectivity index (χ0n) is 14.0. The number of fused-ring (bicyclic) bond motifs is 2. The molecule has 3 aliphatic heterocycles. The minimum Gasteiger partial charge on any atom is -0.464 e. The van der Waals surface area contributed by atoms with Crippen LogP contribution in [-0.4, -0.2) is 67.3 Å². The van der Waals surface area contributed by atoms with E-state index < -0.39 is 45.9 Å². The van der Waals surface area contributed by atoms with Crippen molar-refractivity contribution in [3.63, 3.8) is 0 Å². The highest BCUT2D eigenvalue weighted by Gasteiger charge is 2.62. The summed E-state index contributed by atoms with van der Waals surface area (Å²) in [5, 5.41) is -0.714. The van der Waals surface area contributed by atoms with Gasteiger partial charge in [-0.1, -0.05) is 28.1 Å². The van der Waals surface area contributed by atoms with E-state index in [1.54, 1.807) is 12.1 Å². The highest BCUT2D eigenvalue weighted by atomic mass is 79.9. The molecule has 0 bridgehead atoms. The molecule has 140 valence electrons. The van der Waals surface area contributed by atoms with Gasteiger partial charge in [-0.2, -0.15) is 0 Å². The second-order valence-corrected chi connectivity index (χ2v) is 8.27. The summed E-state index contributed by atoms with van der Waals surface area (Å²) in [4.78, 5) is 52.3. The first-order chi connectivity index (χ1) is 12.9. The molecule has 27 heavy (non-hydrogen) atoms. The normalized spacial score (nSPS) is 26.7. The number of amides is 3. The summed E-state index contributed by atoms with van der Waals surface area (Å²) < 4.78 is 17.5. The Hall–Kier alpha value is -2.33. The molecular weight excluding hydrogens is 440 g/mol. The van der Waals surface area contributed by atoms with Crippen molar-refractivity contribution in [2.75, 3.05) is 18.2 Å². The van der Waals surface area contributed by atoms with Gasteiger partial charge in [0.2, 0.25) is 0 Å². The number of nitrogens with zero attached hydrogens (tertiary/aromatic N) is 2. The first-order valence-electron chi connectivity index (χ1n) is 7.95. The van der Waals surface area contributed by atoms with Crippen molar-refractivity contribution in [1.29, 1.82) is 0 Å². The van der Waals surface area contributed by atoms with Crippen molar-refractivity contribution in [3.8, 4) is 0 Å². The molecule has 0 saturated carbocycles. The van der Waals surface area contributed by atoms with Gasteiger partial charge in [0.1, 0.15) is 11.1 Å². The average molecular weight is 453 g/mol. The Morgan fingerprint density at radius 3 is 2.30 bits per heavy atom. The van der Waals surface area contributed by atoms with Crippen LogP contribution in [0.4, 0.5) is 0 Å². The number of esters is 1. The third kappa shape index (κ3) is 2.36. The third-order valence-corrected chi connectivity index (χ3v) is 7.14. The van der Waals surface area contributed by atoms with Crippen molar-refractivity contribution < 1.29 is 28.1 Å². The van der Waals surface area contributed by atoms with Crippen LogP contribution in [0.2, 0.25) is 0 Å². The second kappa shape index (κ2) is 6.38. The van der Waals surface area contributed by atoms with E-state index in [1.165, 1.54) is 19.2 Å². The van der Waals surface area contributed by atoms with Crippen LogP contribution in [0.25, 0.3) is 0 Å². The second-order valence-electron chi connectivity index (χ2n) is 6.17. The summed E-state index contributed by atoms with van der Waals surface area (Å²) in [6.07, 6.45) is 0. The Labute approximate surface area is 164 Å². The van der Waals surface area contributed by atoms with Gasteiger partial charge >= 0.3 is 5.97 Å². The molecule has 10 heteroatoms. The summed E-state index contributed by atoms with van der Waals surface area (Å²) in [5.74, 6) is -2.49. The fourth-order valence-corrected chi connectivity index (χ4v) is 6.03. The molecule has 3 aliphatic rings. The van der Waals surface area contributed by atoms with E-state index >= 15 is 0 Å². The van der Waals surface area contributed by atoms with Gasteiger partial charge in [0, 0.05) is 5.33 Å². The highest BCUT2D eigenvalue weighted by Crippen LogP contribution is 2.40. The van der Waals surface area contributed by atoms with Crippen LogP contribution in [0.15, 0.2) is 35.5 Å². The first kappa shape index (κ1) is 18.1. The quantitative estimate of drug-likeness (QED) is 0.284. The van der Waals surface area contributed by atoms with E-state index in [-0.39, 0.29) is 27.9 Å². The maximum Gasteiger partial charge on any atom is 0.354 e.